The van der Waals surface area contributed by atoms with Gasteiger partial charge in [0.05, 0.1) is 12.2 Å². The van der Waals surface area contributed by atoms with E-state index in [0.29, 0.717) is 12.8 Å². The van der Waals surface area contributed by atoms with Crippen LogP contribution in [-0.4, -0.2) is 34.5 Å². The van der Waals surface area contributed by atoms with Gasteiger partial charge in [0.15, 0.2) is 0 Å². The van der Waals surface area contributed by atoms with Gasteiger partial charge in [-0.25, -0.2) is 0 Å². The van der Waals surface area contributed by atoms with E-state index in [0.717, 1.165) is 11.1 Å². The van der Waals surface area contributed by atoms with Crippen LogP contribution in [0, 0.1) is 0 Å². The third kappa shape index (κ3) is 4.64. The Balaban J connectivity index is 1.91. The number of benzene rings is 2. The van der Waals surface area contributed by atoms with Crippen molar-refractivity contribution >= 4 is 0 Å². The SMILES string of the molecule is N[C@H](Cc1ccccc1)[C@@H](O)[C@H](O)[C@H](N)Cc1ccccc1. The highest BCUT2D eigenvalue weighted by Gasteiger charge is 2.28. The minimum atomic E-state index is -1.06. The van der Waals surface area contributed by atoms with Crippen LogP contribution in [-0.2, 0) is 12.8 Å². The first-order valence-electron chi connectivity index (χ1n) is 7.53. The van der Waals surface area contributed by atoms with Gasteiger partial charge >= 0.3 is 0 Å². The molecule has 0 saturated carbocycles. The summed E-state index contributed by atoms with van der Waals surface area (Å²) in [5, 5.41) is 20.5. The Hall–Kier alpha value is -1.72. The minimum Gasteiger partial charge on any atom is -0.389 e. The smallest absolute Gasteiger partial charge is 0.0968 e. The van der Waals surface area contributed by atoms with Crippen LogP contribution in [0.3, 0.4) is 0 Å². The predicted molar refractivity (Wildman–Crippen MR) is 88.3 cm³/mol. The molecule has 0 aromatic heterocycles. The van der Waals surface area contributed by atoms with Crippen molar-refractivity contribution in [3.63, 3.8) is 0 Å². The average Bonchev–Trinajstić information content (AvgIpc) is 2.55. The van der Waals surface area contributed by atoms with Gasteiger partial charge in [0.1, 0.15) is 0 Å². The van der Waals surface area contributed by atoms with Crippen LogP contribution in [0.15, 0.2) is 60.7 Å². The molecule has 0 aliphatic carbocycles. The van der Waals surface area contributed by atoms with Gasteiger partial charge in [0, 0.05) is 12.1 Å². The van der Waals surface area contributed by atoms with Crippen molar-refractivity contribution in [1.29, 1.82) is 0 Å². The molecule has 4 heteroatoms. The number of aliphatic hydroxyl groups is 2. The van der Waals surface area contributed by atoms with E-state index >= 15 is 0 Å². The number of aliphatic hydroxyl groups excluding tert-OH is 2. The molecule has 0 amide bonds. The van der Waals surface area contributed by atoms with E-state index in [1.54, 1.807) is 0 Å². The van der Waals surface area contributed by atoms with Crippen molar-refractivity contribution in [2.24, 2.45) is 11.5 Å². The summed E-state index contributed by atoms with van der Waals surface area (Å²) in [4.78, 5) is 0. The molecule has 0 heterocycles. The Bertz CT molecular complexity index is 496. The van der Waals surface area contributed by atoms with Crippen LogP contribution in [0.2, 0.25) is 0 Å². The van der Waals surface area contributed by atoms with Gasteiger partial charge in [-0.1, -0.05) is 60.7 Å². The molecule has 0 saturated heterocycles. The van der Waals surface area contributed by atoms with Gasteiger partial charge in [0.2, 0.25) is 0 Å². The summed E-state index contributed by atoms with van der Waals surface area (Å²) in [6.45, 7) is 0. The van der Waals surface area contributed by atoms with Gasteiger partial charge in [-0.05, 0) is 24.0 Å². The molecular formula is C18H24N2O2. The summed E-state index contributed by atoms with van der Waals surface area (Å²) < 4.78 is 0. The van der Waals surface area contributed by atoms with Crippen LogP contribution >= 0.6 is 0 Å². The maximum atomic E-state index is 10.2. The fourth-order valence-electron chi connectivity index (χ4n) is 2.52. The molecule has 4 nitrogen and oxygen atoms in total. The molecule has 4 atom stereocenters. The second kappa shape index (κ2) is 8.06. The lowest BCUT2D eigenvalue weighted by Gasteiger charge is -2.28. The first-order chi connectivity index (χ1) is 10.6. The minimum absolute atomic E-state index is 0.497. The van der Waals surface area contributed by atoms with Gasteiger partial charge < -0.3 is 21.7 Å². The van der Waals surface area contributed by atoms with Crippen molar-refractivity contribution < 1.29 is 10.2 Å². The maximum Gasteiger partial charge on any atom is 0.0968 e. The quantitative estimate of drug-likeness (QED) is 0.610. The monoisotopic (exact) mass is 300 g/mol. The third-order valence-electron chi connectivity index (χ3n) is 3.86. The molecule has 0 fully saturated rings. The van der Waals surface area contributed by atoms with E-state index in [2.05, 4.69) is 0 Å². The number of hydrogen-bond acceptors (Lipinski definition) is 4. The first kappa shape index (κ1) is 16.6. The van der Waals surface area contributed by atoms with Crippen molar-refractivity contribution in [3.8, 4) is 0 Å². The number of rotatable bonds is 7. The lowest BCUT2D eigenvalue weighted by atomic mass is 9.92. The van der Waals surface area contributed by atoms with Gasteiger partial charge in [0.25, 0.3) is 0 Å². The topological polar surface area (TPSA) is 92.5 Å². The lowest BCUT2D eigenvalue weighted by Crippen LogP contribution is -2.52. The van der Waals surface area contributed by atoms with E-state index < -0.39 is 24.3 Å². The summed E-state index contributed by atoms with van der Waals surface area (Å²) in [6, 6.07) is 18.2. The molecule has 6 N–H and O–H groups in total. The van der Waals surface area contributed by atoms with E-state index in [4.69, 9.17) is 11.5 Å². The molecule has 0 unspecified atom stereocenters. The van der Waals surface area contributed by atoms with Crippen molar-refractivity contribution in [2.75, 3.05) is 0 Å². The van der Waals surface area contributed by atoms with Crippen LogP contribution in [0.25, 0.3) is 0 Å². The molecule has 2 aromatic carbocycles. The van der Waals surface area contributed by atoms with Gasteiger partial charge in [-0.2, -0.15) is 0 Å². The second-order valence-electron chi connectivity index (χ2n) is 5.69. The van der Waals surface area contributed by atoms with Gasteiger partial charge in [-0.15, -0.1) is 0 Å². The fourth-order valence-corrected chi connectivity index (χ4v) is 2.52. The molecule has 0 bridgehead atoms. The number of nitrogens with two attached hydrogens (primary N) is 2. The molecular weight excluding hydrogens is 276 g/mol. The fraction of sp³-hybridized carbons (Fsp3) is 0.333. The second-order valence-corrected chi connectivity index (χ2v) is 5.69. The molecule has 2 rings (SSSR count). The summed E-state index contributed by atoms with van der Waals surface area (Å²) in [6.07, 6.45) is -1.12. The van der Waals surface area contributed by atoms with Crippen molar-refractivity contribution in [3.05, 3.63) is 71.8 Å². The highest BCUT2D eigenvalue weighted by atomic mass is 16.3. The standard InChI is InChI=1S/C18H24N2O2/c19-15(11-13-7-3-1-4-8-13)17(21)18(22)16(20)12-14-9-5-2-6-10-14/h1-10,15-18,21-22H,11-12,19-20H2/t15-,16-,17-,18-/m1/s1. The zero-order chi connectivity index (χ0) is 15.9. The molecule has 22 heavy (non-hydrogen) atoms. The molecule has 118 valence electrons. The maximum absolute atomic E-state index is 10.2. The summed E-state index contributed by atoms with van der Waals surface area (Å²) in [7, 11) is 0. The molecule has 2 aromatic rings. The normalized spacial score (nSPS) is 16.7. The summed E-state index contributed by atoms with van der Waals surface area (Å²) in [5.74, 6) is 0. The van der Waals surface area contributed by atoms with Crippen LogP contribution in [0.5, 0.6) is 0 Å². The molecule has 0 spiro atoms. The van der Waals surface area contributed by atoms with Gasteiger partial charge in [-0.3, -0.25) is 0 Å². The van der Waals surface area contributed by atoms with E-state index in [1.165, 1.54) is 0 Å². The Morgan fingerprint density at radius 2 is 0.955 bits per heavy atom. The molecule has 0 aliphatic rings. The van der Waals surface area contributed by atoms with E-state index in [-0.39, 0.29) is 0 Å². The average molecular weight is 300 g/mol. The zero-order valence-electron chi connectivity index (χ0n) is 12.5. The number of hydrogen-bond donors (Lipinski definition) is 4. The summed E-state index contributed by atoms with van der Waals surface area (Å²) in [5.41, 5.74) is 14.1. The van der Waals surface area contributed by atoms with Crippen LogP contribution in [0.1, 0.15) is 11.1 Å². The largest absolute Gasteiger partial charge is 0.389 e. The highest BCUT2D eigenvalue weighted by molar-refractivity contribution is 5.18. The van der Waals surface area contributed by atoms with E-state index in [9.17, 15) is 10.2 Å². The Morgan fingerprint density at radius 3 is 1.27 bits per heavy atom. The molecule has 0 radical (unpaired) electrons. The predicted octanol–water partition coefficient (Wildman–Crippen LogP) is 0.848. The first-order valence-corrected chi connectivity index (χ1v) is 7.53. The van der Waals surface area contributed by atoms with Crippen LogP contribution < -0.4 is 11.5 Å². The van der Waals surface area contributed by atoms with Crippen LogP contribution in [0.4, 0.5) is 0 Å². The van der Waals surface area contributed by atoms with Crippen molar-refractivity contribution in [2.45, 2.75) is 37.1 Å². The Kier molecular flexibility index (Phi) is 6.10. The van der Waals surface area contributed by atoms with Crippen molar-refractivity contribution in [1.82, 2.24) is 0 Å². The van der Waals surface area contributed by atoms with E-state index in [1.807, 2.05) is 60.7 Å². The Morgan fingerprint density at radius 1 is 0.636 bits per heavy atom. The zero-order valence-corrected chi connectivity index (χ0v) is 12.5. The molecule has 0 aliphatic heterocycles. The Labute approximate surface area is 131 Å². The third-order valence-corrected chi connectivity index (χ3v) is 3.86. The summed E-state index contributed by atoms with van der Waals surface area (Å²) >= 11 is 0. The highest BCUT2D eigenvalue weighted by Crippen LogP contribution is 2.11. The lowest BCUT2D eigenvalue weighted by molar-refractivity contribution is -0.00975.